The van der Waals surface area contributed by atoms with Gasteiger partial charge in [0.1, 0.15) is 0 Å². The summed E-state index contributed by atoms with van der Waals surface area (Å²) in [4.78, 5) is 52.8. The van der Waals surface area contributed by atoms with Crippen molar-refractivity contribution in [2.24, 2.45) is 7.05 Å². The predicted octanol–water partition coefficient (Wildman–Crippen LogP) is 1.17. The first kappa shape index (κ1) is 19.8. The Morgan fingerprint density at radius 2 is 1.80 bits per heavy atom. The summed E-state index contributed by atoms with van der Waals surface area (Å²) < 4.78 is 6.61. The number of ether oxygens (including phenoxy) is 1. The minimum atomic E-state index is -0.464. The first-order chi connectivity index (χ1) is 14.4. The molecule has 0 unspecified atom stereocenters. The smallest absolute Gasteiger partial charge is 0.356 e. The van der Waals surface area contributed by atoms with E-state index in [1.165, 1.54) is 4.68 Å². The molecule has 2 aliphatic rings. The summed E-state index contributed by atoms with van der Waals surface area (Å²) in [7, 11) is 1.68. The average molecular weight is 410 g/mol. The number of carbonyl (C=O) groups excluding carboxylic acids is 4. The molecule has 2 aliphatic heterocycles. The van der Waals surface area contributed by atoms with Gasteiger partial charge in [-0.3, -0.25) is 24.0 Å². The largest absolute Gasteiger partial charge is 0.461 e. The Morgan fingerprint density at radius 1 is 1.13 bits per heavy atom. The highest BCUT2D eigenvalue weighted by Crippen LogP contribution is 2.25. The third kappa shape index (κ3) is 3.26. The van der Waals surface area contributed by atoms with Gasteiger partial charge in [0, 0.05) is 45.1 Å². The van der Waals surface area contributed by atoms with Gasteiger partial charge in [0.25, 0.3) is 11.8 Å². The maximum Gasteiger partial charge on any atom is 0.356 e. The molecule has 3 heterocycles. The van der Waals surface area contributed by atoms with Gasteiger partial charge in [0.05, 0.1) is 23.4 Å². The zero-order valence-electron chi connectivity index (χ0n) is 16.9. The number of carbonyl (C=O) groups is 4. The standard InChI is InChI=1S/C21H22N4O5/c1-3-30-21(29)18-15-12-24(10-8-16(15)22-23(18)2)17(26)9-11-25-19(27)13-6-4-5-7-14(13)20(25)28/h4-7H,3,8-12H2,1-2H3. The number of nitrogens with zero attached hydrogens (tertiary/aromatic N) is 4. The van der Waals surface area contributed by atoms with E-state index in [2.05, 4.69) is 5.10 Å². The van der Waals surface area contributed by atoms with Crippen LogP contribution in [0.3, 0.4) is 0 Å². The van der Waals surface area contributed by atoms with E-state index in [0.717, 1.165) is 10.6 Å². The maximum absolute atomic E-state index is 12.8. The van der Waals surface area contributed by atoms with E-state index in [1.807, 2.05) is 0 Å². The molecule has 0 radical (unpaired) electrons. The lowest BCUT2D eigenvalue weighted by atomic mass is 10.0. The molecule has 0 saturated heterocycles. The first-order valence-electron chi connectivity index (χ1n) is 9.87. The molecule has 3 amide bonds. The summed E-state index contributed by atoms with van der Waals surface area (Å²) in [6.45, 7) is 2.72. The number of hydrogen-bond acceptors (Lipinski definition) is 6. The summed E-state index contributed by atoms with van der Waals surface area (Å²) in [6, 6.07) is 6.64. The zero-order chi connectivity index (χ0) is 21.4. The number of hydrogen-bond donors (Lipinski definition) is 0. The van der Waals surface area contributed by atoms with Crippen molar-refractivity contribution >= 4 is 23.7 Å². The Kier molecular flexibility index (Phi) is 5.11. The second-order valence-corrected chi connectivity index (χ2v) is 7.24. The highest BCUT2D eigenvalue weighted by atomic mass is 16.5. The Bertz CT molecular complexity index is 1020. The van der Waals surface area contributed by atoms with Crippen LogP contribution < -0.4 is 0 Å². The highest BCUT2D eigenvalue weighted by Gasteiger charge is 2.36. The van der Waals surface area contributed by atoms with Gasteiger partial charge in [0.2, 0.25) is 5.91 Å². The molecule has 0 aliphatic carbocycles. The summed E-state index contributed by atoms with van der Waals surface area (Å²) in [5.74, 6) is -1.40. The van der Waals surface area contributed by atoms with Crippen LogP contribution in [-0.2, 0) is 29.5 Å². The number of rotatable bonds is 5. The van der Waals surface area contributed by atoms with Crippen molar-refractivity contribution in [2.75, 3.05) is 19.7 Å². The molecule has 1 aromatic heterocycles. The molecule has 9 nitrogen and oxygen atoms in total. The van der Waals surface area contributed by atoms with Crippen molar-refractivity contribution in [1.29, 1.82) is 0 Å². The van der Waals surface area contributed by atoms with Crippen molar-refractivity contribution in [1.82, 2.24) is 19.6 Å². The summed E-state index contributed by atoms with van der Waals surface area (Å²) in [5, 5.41) is 4.38. The highest BCUT2D eigenvalue weighted by molar-refractivity contribution is 6.21. The van der Waals surface area contributed by atoms with Crippen LogP contribution in [0.4, 0.5) is 0 Å². The molecular weight excluding hydrogens is 388 g/mol. The van der Waals surface area contributed by atoms with Gasteiger partial charge in [-0.05, 0) is 19.1 Å². The molecule has 1 aromatic carbocycles. The number of aromatic nitrogens is 2. The van der Waals surface area contributed by atoms with Crippen molar-refractivity contribution in [3.05, 3.63) is 52.3 Å². The summed E-state index contributed by atoms with van der Waals surface area (Å²) in [6.07, 6.45) is 0.553. The predicted molar refractivity (Wildman–Crippen MR) is 105 cm³/mol. The molecule has 0 atom stereocenters. The SMILES string of the molecule is CCOC(=O)c1c2c(nn1C)CCN(C(=O)CCN1C(=O)c3ccccc3C1=O)C2. The topological polar surface area (TPSA) is 102 Å². The van der Waals surface area contributed by atoms with Crippen molar-refractivity contribution < 1.29 is 23.9 Å². The van der Waals surface area contributed by atoms with Gasteiger partial charge >= 0.3 is 5.97 Å². The maximum atomic E-state index is 12.8. The Balaban J connectivity index is 1.44. The van der Waals surface area contributed by atoms with E-state index in [9.17, 15) is 19.2 Å². The number of amides is 3. The lowest BCUT2D eigenvalue weighted by molar-refractivity contribution is -0.132. The lowest BCUT2D eigenvalue weighted by Gasteiger charge is -2.27. The van der Waals surface area contributed by atoms with Crippen LogP contribution in [0, 0.1) is 0 Å². The molecule has 0 bridgehead atoms. The number of esters is 1. The van der Waals surface area contributed by atoms with Gasteiger partial charge < -0.3 is 9.64 Å². The summed E-state index contributed by atoms with van der Waals surface area (Å²) >= 11 is 0. The minimum absolute atomic E-state index is 0.0201. The van der Waals surface area contributed by atoms with Crippen molar-refractivity contribution in [3.8, 4) is 0 Å². The minimum Gasteiger partial charge on any atom is -0.461 e. The van der Waals surface area contributed by atoms with Gasteiger partial charge in [-0.25, -0.2) is 4.79 Å². The molecule has 0 fully saturated rings. The monoisotopic (exact) mass is 410 g/mol. The van der Waals surface area contributed by atoms with E-state index in [4.69, 9.17) is 4.74 Å². The van der Waals surface area contributed by atoms with E-state index >= 15 is 0 Å². The van der Waals surface area contributed by atoms with Crippen LogP contribution in [0.2, 0.25) is 0 Å². The molecule has 156 valence electrons. The third-order valence-corrected chi connectivity index (χ3v) is 5.44. The van der Waals surface area contributed by atoms with Crippen molar-refractivity contribution in [3.63, 3.8) is 0 Å². The van der Waals surface area contributed by atoms with Gasteiger partial charge in [-0.1, -0.05) is 12.1 Å². The molecular formula is C21H22N4O5. The van der Waals surface area contributed by atoms with Crippen LogP contribution in [0.15, 0.2) is 24.3 Å². The fourth-order valence-corrected chi connectivity index (χ4v) is 3.98. The number of fused-ring (bicyclic) bond motifs is 2. The zero-order valence-corrected chi connectivity index (χ0v) is 16.9. The quantitative estimate of drug-likeness (QED) is 0.542. The fourth-order valence-electron chi connectivity index (χ4n) is 3.98. The van der Waals surface area contributed by atoms with Crippen LogP contribution in [0.25, 0.3) is 0 Å². The van der Waals surface area contributed by atoms with Crippen molar-refractivity contribution in [2.45, 2.75) is 26.3 Å². The molecule has 9 heteroatoms. The van der Waals surface area contributed by atoms with Crippen LogP contribution in [0.5, 0.6) is 0 Å². The lowest BCUT2D eigenvalue weighted by Crippen LogP contribution is -2.39. The molecule has 0 N–H and O–H groups in total. The number of benzene rings is 1. The van der Waals surface area contributed by atoms with E-state index in [-0.39, 0.29) is 43.8 Å². The number of imide groups is 1. The molecule has 0 spiro atoms. The Labute approximate surface area is 173 Å². The fraction of sp³-hybridized carbons (Fsp3) is 0.381. The van der Waals surface area contributed by atoms with E-state index in [1.54, 1.807) is 43.1 Å². The van der Waals surface area contributed by atoms with Gasteiger partial charge in [-0.15, -0.1) is 0 Å². The molecule has 2 aromatic rings. The van der Waals surface area contributed by atoms with Gasteiger partial charge in [-0.2, -0.15) is 5.10 Å². The first-order valence-corrected chi connectivity index (χ1v) is 9.87. The Hall–Kier alpha value is -3.49. The Morgan fingerprint density at radius 3 is 2.43 bits per heavy atom. The second-order valence-electron chi connectivity index (χ2n) is 7.24. The van der Waals surface area contributed by atoms with Crippen LogP contribution >= 0.6 is 0 Å². The normalized spacial score (nSPS) is 15.3. The molecule has 30 heavy (non-hydrogen) atoms. The van der Waals surface area contributed by atoms with Crippen LogP contribution in [-0.4, -0.2) is 63.0 Å². The number of aryl methyl sites for hydroxylation is 1. The second kappa shape index (κ2) is 7.74. The van der Waals surface area contributed by atoms with Crippen LogP contribution in [0.1, 0.15) is 55.8 Å². The average Bonchev–Trinajstić information content (AvgIpc) is 3.19. The van der Waals surface area contributed by atoms with Gasteiger partial charge in [0.15, 0.2) is 5.69 Å². The molecule has 4 rings (SSSR count). The van der Waals surface area contributed by atoms with E-state index in [0.29, 0.717) is 35.3 Å². The summed E-state index contributed by atoms with van der Waals surface area (Å²) in [5.41, 5.74) is 2.56. The van der Waals surface area contributed by atoms with E-state index < -0.39 is 5.97 Å². The molecule has 0 saturated carbocycles. The third-order valence-electron chi connectivity index (χ3n) is 5.44.